The predicted octanol–water partition coefficient (Wildman–Crippen LogP) is 1.01. The molecule has 0 spiro atoms. The molecule has 1 fully saturated rings. The van der Waals surface area contributed by atoms with Gasteiger partial charge in [-0.25, -0.2) is 4.52 Å². The Balaban J connectivity index is 2.06. The zero-order valence-electron chi connectivity index (χ0n) is 13.0. The van der Waals surface area contributed by atoms with E-state index in [2.05, 4.69) is 10.4 Å². The van der Waals surface area contributed by atoms with Gasteiger partial charge in [0.2, 0.25) is 0 Å². The summed E-state index contributed by atoms with van der Waals surface area (Å²) in [7, 11) is 0. The van der Waals surface area contributed by atoms with Crippen molar-refractivity contribution >= 4 is 11.4 Å². The number of carbonyl (C=O) groups is 1. The molecule has 1 amide bonds. The number of fused-ring (bicyclic) bond motifs is 1. The van der Waals surface area contributed by atoms with Crippen LogP contribution in [0.1, 0.15) is 35.1 Å². The molecule has 1 aromatic carbocycles. The summed E-state index contributed by atoms with van der Waals surface area (Å²) in [6.45, 7) is 0.894. The second kappa shape index (κ2) is 5.61. The van der Waals surface area contributed by atoms with Crippen molar-refractivity contribution in [3.63, 3.8) is 0 Å². The van der Waals surface area contributed by atoms with Gasteiger partial charge in [0.1, 0.15) is 5.52 Å². The summed E-state index contributed by atoms with van der Waals surface area (Å²) in [5.41, 5.74) is 6.21. The number of aromatic nitrogens is 3. The fourth-order valence-electron chi connectivity index (χ4n) is 3.24. The lowest BCUT2D eigenvalue weighted by Crippen LogP contribution is -2.31. The van der Waals surface area contributed by atoms with Crippen LogP contribution in [0.2, 0.25) is 0 Å². The first-order valence-corrected chi connectivity index (χ1v) is 7.90. The number of nitrogens with one attached hydrogen (secondary N) is 1. The van der Waals surface area contributed by atoms with Gasteiger partial charge in [-0.15, -0.1) is 0 Å². The number of carbonyl (C=O) groups excluding carboxylic acids is 1. The average molecular weight is 323 g/mol. The third kappa shape index (κ3) is 2.21. The van der Waals surface area contributed by atoms with Gasteiger partial charge in [0.15, 0.2) is 5.82 Å². The van der Waals surface area contributed by atoms with E-state index in [1.54, 1.807) is 10.8 Å². The highest BCUT2D eigenvalue weighted by Crippen LogP contribution is 2.23. The highest BCUT2D eigenvalue weighted by Gasteiger charge is 2.25. The van der Waals surface area contributed by atoms with Crippen molar-refractivity contribution in [1.29, 1.82) is 0 Å². The van der Waals surface area contributed by atoms with E-state index < -0.39 is 5.91 Å². The standard InChI is InChI=1S/C17H17N5O2/c18-15(23)12-8-10-21-14(12)17(24)22(11-5-2-1-3-6-11)16(20-21)13-7-4-9-19-13/h1-3,5-6,8,10,13,19H,4,7,9H2,(H2,18,23)/t13-/m0/s1. The predicted molar refractivity (Wildman–Crippen MR) is 89.3 cm³/mol. The molecule has 1 aliphatic heterocycles. The molecule has 1 saturated heterocycles. The van der Waals surface area contributed by atoms with Crippen molar-refractivity contribution in [2.75, 3.05) is 6.54 Å². The quantitative estimate of drug-likeness (QED) is 0.752. The van der Waals surface area contributed by atoms with Gasteiger partial charge < -0.3 is 11.1 Å². The lowest BCUT2D eigenvalue weighted by molar-refractivity contribution is 0.100. The summed E-state index contributed by atoms with van der Waals surface area (Å²) in [5, 5.41) is 7.98. The first kappa shape index (κ1) is 14.6. The molecule has 0 radical (unpaired) electrons. The zero-order valence-corrected chi connectivity index (χ0v) is 13.0. The molecule has 0 bridgehead atoms. The minimum atomic E-state index is -0.636. The van der Waals surface area contributed by atoms with Crippen LogP contribution in [-0.2, 0) is 0 Å². The molecule has 1 aliphatic rings. The largest absolute Gasteiger partial charge is 0.366 e. The van der Waals surface area contributed by atoms with E-state index in [1.807, 2.05) is 30.3 Å². The molecule has 0 saturated carbocycles. The molecule has 0 unspecified atom stereocenters. The van der Waals surface area contributed by atoms with Crippen molar-refractivity contribution in [1.82, 2.24) is 19.5 Å². The van der Waals surface area contributed by atoms with E-state index in [-0.39, 0.29) is 22.7 Å². The molecule has 122 valence electrons. The monoisotopic (exact) mass is 323 g/mol. The number of hydrogen-bond donors (Lipinski definition) is 2. The maximum absolute atomic E-state index is 13.2. The van der Waals surface area contributed by atoms with E-state index >= 15 is 0 Å². The Morgan fingerprint density at radius 1 is 1.25 bits per heavy atom. The van der Waals surface area contributed by atoms with Gasteiger partial charge in [0, 0.05) is 6.20 Å². The number of nitrogens with two attached hydrogens (primary N) is 1. The summed E-state index contributed by atoms with van der Waals surface area (Å²) in [6.07, 6.45) is 3.55. The van der Waals surface area contributed by atoms with Crippen molar-refractivity contribution in [3.8, 4) is 5.69 Å². The van der Waals surface area contributed by atoms with E-state index in [9.17, 15) is 9.59 Å². The van der Waals surface area contributed by atoms with Crippen LogP contribution in [0.25, 0.3) is 11.2 Å². The third-order valence-electron chi connectivity index (χ3n) is 4.36. The van der Waals surface area contributed by atoms with Crippen molar-refractivity contribution in [2.24, 2.45) is 5.73 Å². The van der Waals surface area contributed by atoms with E-state index in [4.69, 9.17) is 5.73 Å². The number of amides is 1. The molecule has 0 aliphatic carbocycles. The van der Waals surface area contributed by atoms with Crippen molar-refractivity contribution in [3.05, 3.63) is 64.3 Å². The summed E-state index contributed by atoms with van der Waals surface area (Å²) in [6, 6.07) is 10.9. The highest BCUT2D eigenvalue weighted by atomic mass is 16.1. The van der Waals surface area contributed by atoms with Gasteiger partial charge in [0.25, 0.3) is 11.5 Å². The molecule has 4 rings (SSSR count). The Labute approximate surface area is 137 Å². The van der Waals surface area contributed by atoms with Gasteiger partial charge in [-0.3, -0.25) is 14.2 Å². The molecule has 1 atom stereocenters. The van der Waals surface area contributed by atoms with Gasteiger partial charge >= 0.3 is 0 Å². The fourth-order valence-corrected chi connectivity index (χ4v) is 3.24. The second-order valence-electron chi connectivity index (χ2n) is 5.87. The van der Waals surface area contributed by atoms with Crippen molar-refractivity contribution in [2.45, 2.75) is 18.9 Å². The fraction of sp³-hybridized carbons (Fsp3) is 0.235. The van der Waals surface area contributed by atoms with Gasteiger partial charge in [0.05, 0.1) is 17.3 Å². The number of rotatable bonds is 3. The minimum Gasteiger partial charge on any atom is -0.366 e. The number of primary amides is 1. The van der Waals surface area contributed by atoms with E-state index in [0.717, 1.165) is 25.1 Å². The molecule has 2 aromatic heterocycles. The number of benzene rings is 1. The van der Waals surface area contributed by atoms with Crippen LogP contribution in [0, 0.1) is 0 Å². The van der Waals surface area contributed by atoms with Crippen LogP contribution in [0.5, 0.6) is 0 Å². The molecule has 7 nitrogen and oxygen atoms in total. The highest BCUT2D eigenvalue weighted by molar-refractivity contribution is 5.99. The molecule has 3 N–H and O–H groups in total. The number of hydrogen-bond acceptors (Lipinski definition) is 4. The van der Waals surface area contributed by atoms with Gasteiger partial charge in [-0.2, -0.15) is 5.10 Å². The van der Waals surface area contributed by atoms with Crippen LogP contribution in [0.15, 0.2) is 47.4 Å². The summed E-state index contributed by atoms with van der Waals surface area (Å²) in [5.74, 6) is 0.00516. The average Bonchev–Trinajstić information content (AvgIpc) is 3.25. The van der Waals surface area contributed by atoms with Crippen LogP contribution in [-0.4, -0.2) is 26.6 Å². The van der Waals surface area contributed by atoms with Crippen LogP contribution in [0.3, 0.4) is 0 Å². The summed E-state index contributed by atoms with van der Waals surface area (Å²) in [4.78, 5) is 24.8. The second-order valence-corrected chi connectivity index (χ2v) is 5.87. The third-order valence-corrected chi connectivity index (χ3v) is 4.36. The molecular weight excluding hydrogens is 306 g/mol. The molecule has 24 heavy (non-hydrogen) atoms. The van der Waals surface area contributed by atoms with Gasteiger partial charge in [-0.05, 0) is 37.6 Å². The maximum atomic E-state index is 13.2. The summed E-state index contributed by atoms with van der Waals surface area (Å²) >= 11 is 0. The van der Waals surface area contributed by atoms with Gasteiger partial charge in [-0.1, -0.05) is 18.2 Å². The molecule has 3 heterocycles. The molecular formula is C17H17N5O2. The van der Waals surface area contributed by atoms with E-state index in [0.29, 0.717) is 5.82 Å². The Bertz CT molecular complexity index is 968. The maximum Gasteiger partial charge on any atom is 0.283 e. The Morgan fingerprint density at radius 3 is 2.71 bits per heavy atom. The lowest BCUT2D eigenvalue weighted by atomic mass is 10.2. The first-order chi connectivity index (χ1) is 11.7. The topological polar surface area (TPSA) is 94.4 Å². The lowest BCUT2D eigenvalue weighted by Gasteiger charge is -2.17. The van der Waals surface area contributed by atoms with Crippen LogP contribution >= 0.6 is 0 Å². The number of para-hydroxylation sites is 1. The van der Waals surface area contributed by atoms with Crippen LogP contribution in [0.4, 0.5) is 0 Å². The molecule has 7 heteroatoms. The normalized spacial score (nSPS) is 17.4. The zero-order chi connectivity index (χ0) is 16.7. The first-order valence-electron chi connectivity index (χ1n) is 7.90. The summed E-state index contributed by atoms with van der Waals surface area (Å²) < 4.78 is 3.03. The van der Waals surface area contributed by atoms with E-state index in [1.165, 1.54) is 10.6 Å². The Morgan fingerprint density at radius 2 is 2.04 bits per heavy atom. The smallest absolute Gasteiger partial charge is 0.283 e. The SMILES string of the molecule is NC(=O)c1ccn2nc([C@@H]3CCCN3)n(-c3ccccc3)c(=O)c12. The van der Waals surface area contributed by atoms with Crippen molar-refractivity contribution < 1.29 is 4.79 Å². The Kier molecular flexibility index (Phi) is 3.42. The van der Waals surface area contributed by atoms with Crippen LogP contribution < -0.4 is 16.6 Å². The number of nitrogens with zero attached hydrogens (tertiary/aromatic N) is 3. The minimum absolute atomic E-state index is 0.00161. The Hall–Kier alpha value is -2.93. The molecule has 3 aromatic rings.